The molecule has 1 fully saturated rings. The molecule has 3 aromatic rings. The quantitative estimate of drug-likeness (QED) is 0.325. The SMILES string of the molecule is COc1cccc(OC)c1-n1c(NSCCC(O)C2CCCC2)nnc1-c1cccs1. The minimum atomic E-state index is -0.231. The number of nitrogens with one attached hydrogen (secondary N) is 1. The van der Waals surface area contributed by atoms with E-state index in [1.165, 1.54) is 24.8 Å². The normalized spacial score (nSPS) is 15.2. The molecule has 0 spiro atoms. The molecule has 9 heteroatoms. The highest BCUT2D eigenvalue weighted by Gasteiger charge is 2.24. The molecule has 1 aromatic carbocycles. The highest BCUT2D eigenvalue weighted by Crippen LogP contribution is 2.39. The molecule has 0 saturated heterocycles. The van der Waals surface area contributed by atoms with E-state index in [0.29, 0.717) is 29.2 Å². The second-order valence-electron chi connectivity index (χ2n) is 7.52. The topological polar surface area (TPSA) is 81.4 Å². The zero-order chi connectivity index (χ0) is 21.6. The molecule has 1 unspecified atom stereocenters. The summed E-state index contributed by atoms with van der Waals surface area (Å²) in [5, 5.41) is 21.3. The first-order valence-electron chi connectivity index (χ1n) is 10.5. The number of anilines is 1. The Hall–Kier alpha value is -2.23. The first-order chi connectivity index (χ1) is 15.2. The smallest absolute Gasteiger partial charge is 0.239 e. The second-order valence-corrected chi connectivity index (χ2v) is 9.37. The molecule has 4 rings (SSSR count). The van der Waals surface area contributed by atoms with Crippen LogP contribution in [0, 0.1) is 5.92 Å². The molecule has 0 amide bonds. The molecule has 7 nitrogen and oxygen atoms in total. The Morgan fingerprint density at radius 3 is 2.55 bits per heavy atom. The van der Waals surface area contributed by atoms with Crippen molar-refractivity contribution in [1.29, 1.82) is 0 Å². The van der Waals surface area contributed by atoms with Crippen LogP contribution in [0.3, 0.4) is 0 Å². The lowest BCUT2D eigenvalue weighted by atomic mass is 9.99. The van der Waals surface area contributed by atoms with E-state index in [4.69, 9.17) is 9.47 Å². The Morgan fingerprint density at radius 1 is 1.16 bits per heavy atom. The largest absolute Gasteiger partial charge is 0.494 e. The average molecular weight is 461 g/mol. The van der Waals surface area contributed by atoms with E-state index in [9.17, 15) is 5.11 Å². The lowest BCUT2D eigenvalue weighted by Gasteiger charge is -2.18. The van der Waals surface area contributed by atoms with Gasteiger partial charge in [0.05, 0.1) is 25.2 Å². The van der Waals surface area contributed by atoms with Gasteiger partial charge in [-0.05, 0) is 48.8 Å². The summed E-state index contributed by atoms with van der Waals surface area (Å²) in [6.45, 7) is 0. The first-order valence-corrected chi connectivity index (χ1v) is 12.4. The Balaban J connectivity index is 1.58. The van der Waals surface area contributed by atoms with Crippen molar-refractivity contribution in [3.63, 3.8) is 0 Å². The van der Waals surface area contributed by atoms with Crippen molar-refractivity contribution in [2.45, 2.75) is 38.2 Å². The van der Waals surface area contributed by atoms with Gasteiger partial charge in [-0.2, -0.15) is 0 Å². The molecule has 0 bridgehead atoms. The average Bonchev–Trinajstić information content (AvgIpc) is 3.57. The van der Waals surface area contributed by atoms with Crippen LogP contribution in [-0.4, -0.2) is 45.9 Å². The van der Waals surface area contributed by atoms with Crippen molar-refractivity contribution in [2.24, 2.45) is 5.92 Å². The van der Waals surface area contributed by atoms with Crippen molar-refractivity contribution in [3.05, 3.63) is 35.7 Å². The van der Waals surface area contributed by atoms with Crippen LogP contribution in [-0.2, 0) is 0 Å². The van der Waals surface area contributed by atoms with Gasteiger partial charge in [-0.25, -0.2) is 0 Å². The molecule has 0 aliphatic heterocycles. The predicted molar refractivity (Wildman–Crippen MR) is 126 cm³/mol. The molecule has 1 saturated carbocycles. The maximum atomic E-state index is 10.4. The van der Waals surface area contributed by atoms with Crippen molar-refractivity contribution >= 4 is 29.2 Å². The molecule has 1 aliphatic carbocycles. The molecule has 2 aromatic heterocycles. The number of hydrogen-bond donors (Lipinski definition) is 2. The monoisotopic (exact) mass is 460 g/mol. The fraction of sp³-hybridized carbons (Fsp3) is 0.455. The van der Waals surface area contributed by atoms with E-state index in [-0.39, 0.29) is 6.10 Å². The fourth-order valence-corrected chi connectivity index (χ4v) is 5.47. The van der Waals surface area contributed by atoms with Crippen molar-refractivity contribution in [2.75, 3.05) is 24.7 Å². The lowest BCUT2D eigenvalue weighted by Crippen LogP contribution is -2.18. The maximum absolute atomic E-state index is 10.4. The van der Waals surface area contributed by atoms with Crippen molar-refractivity contribution < 1.29 is 14.6 Å². The summed E-state index contributed by atoms with van der Waals surface area (Å²) in [7, 11) is 3.28. The number of aliphatic hydroxyl groups is 1. The maximum Gasteiger partial charge on any atom is 0.239 e. The molecule has 2 heterocycles. The molecular formula is C22H28N4O3S2. The number of benzene rings is 1. The Bertz CT molecular complexity index is 949. The van der Waals surface area contributed by atoms with Crippen molar-refractivity contribution in [1.82, 2.24) is 14.8 Å². The molecular weight excluding hydrogens is 432 g/mol. The zero-order valence-corrected chi connectivity index (χ0v) is 19.4. The lowest BCUT2D eigenvalue weighted by molar-refractivity contribution is 0.108. The Labute approximate surface area is 190 Å². The van der Waals surface area contributed by atoms with Crippen LogP contribution in [0.4, 0.5) is 5.95 Å². The summed E-state index contributed by atoms with van der Waals surface area (Å²) in [6, 6.07) is 9.69. The second kappa shape index (κ2) is 10.4. The number of rotatable bonds is 10. The van der Waals surface area contributed by atoms with Crippen LogP contribution in [0.1, 0.15) is 32.1 Å². The van der Waals surface area contributed by atoms with Gasteiger partial charge in [0, 0.05) is 5.75 Å². The van der Waals surface area contributed by atoms with Gasteiger partial charge < -0.3 is 14.6 Å². The molecule has 1 aliphatic rings. The van der Waals surface area contributed by atoms with Gasteiger partial charge in [-0.1, -0.05) is 36.9 Å². The zero-order valence-electron chi connectivity index (χ0n) is 17.8. The number of para-hydroxylation sites is 1. The first kappa shape index (κ1) is 22.0. The van der Waals surface area contributed by atoms with E-state index in [2.05, 4.69) is 14.9 Å². The highest BCUT2D eigenvalue weighted by atomic mass is 32.2. The van der Waals surface area contributed by atoms with Crippen LogP contribution in [0.5, 0.6) is 11.5 Å². The number of thiophene rings is 1. The van der Waals surface area contributed by atoms with Gasteiger partial charge in [-0.3, -0.25) is 9.29 Å². The molecule has 2 N–H and O–H groups in total. The highest BCUT2D eigenvalue weighted by molar-refractivity contribution is 8.00. The van der Waals surface area contributed by atoms with E-state index < -0.39 is 0 Å². The summed E-state index contributed by atoms with van der Waals surface area (Å²) in [5.41, 5.74) is 0.745. The minimum absolute atomic E-state index is 0.231. The molecule has 31 heavy (non-hydrogen) atoms. The van der Waals surface area contributed by atoms with Gasteiger partial charge in [-0.15, -0.1) is 21.5 Å². The number of nitrogens with zero attached hydrogens (tertiary/aromatic N) is 3. The van der Waals surface area contributed by atoms with Crippen molar-refractivity contribution in [3.8, 4) is 27.9 Å². The Kier molecular flexibility index (Phi) is 7.37. The summed E-state index contributed by atoms with van der Waals surface area (Å²) < 4.78 is 16.5. The third kappa shape index (κ3) is 4.83. The summed E-state index contributed by atoms with van der Waals surface area (Å²) >= 11 is 3.13. The van der Waals surface area contributed by atoms with Crippen LogP contribution in [0.15, 0.2) is 35.7 Å². The fourth-order valence-electron chi connectivity index (χ4n) is 4.05. The third-order valence-electron chi connectivity index (χ3n) is 5.65. The van der Waals surface area contributed by atoms with E-state index >= 15 is 0 Å². The third-order valence-corrected chi connectivity index (χ3v) is 7.29. The number of hydrogen-bond acceptors (Lipinski definition) is 8. The van der Waals surface area contributed by atoms with Crippen LogP contribution in [0.2, 0.25) is 0 Å². The number of methoxy groups -OCH3 is 2. The van der Waals surface area contributed by atoms with E-state index in [1.807, 2.05) is 40.3 Å². The van der Waals surface area contributed by atoms with E-state index in [1.54, 1.807) is 25.6 Å². The van der Waals surface area contributed by atoms with Crippen LogP contribution >= 0.6 is 23.3 Å². The van der Waals surface area contributed by atoms with Gasteiger partial charge in [0.1, 0.15) is 17.2 Å². The number of ether oxygens (including phenoxy) is 2. The van der Waals surface area contributed by atoms with Crippen LogP contribution in [0.25, 0.3) is 16.4 Å². The predicted octanol–water partition coefficient (Wildman–Crippen LogP) is 5.01. The molecule has 166 valence electrons. The van der Waals surface area contributed by atoms with Crippen LogP contribution < -0.4 is 14.2 Å². The van der Waals surface area contributed by atoms with E-state index in [0.717, 1.165) is 35.6 Å². The number of aromatic nitrogens is 3. The summed E-state index contributed by atoms with van der Waals surface area (Å²) in [5.74, 6) is 3.87. The summed E-state index contributed by atoms with van der Waals surface area (Å²) in [4.78, 5) is 0.996. The van der Waals surface area contributed by atoms with Gasteiger partial charge >= 0.3 is 0 Å². The molecule has 1 atom stereocenters. The minimum Gasteiger partial charge on any atom is -0.494 e. The van der Waals surface area contributed by atoms with Gasteiger partial charge in [0.25, 0.3) is 0 Å². The Morgan fingerprint density at radius 2 is 1.90 bits per heavy atom. The van der Waals surface area contributed by atoms with Gasteiger partial charge in [0.15, 0.2) is 5.82 Å². The van der Waals surface area contributed by atoms with Gasteiger partial charge in [0.2, 0.25) is 5.95 Å². The standard InChI is InChI=1S/C22H28N4O3S2/c1-28-17-9-5-10-18(29-2)20(17)26-21(19-11-6-13-30-19)23-24-22(26)25-31-14-12-16(27)15-7-3-4-8-15/h5-6,9-11,13,15-16,27H,3-4,7-8,12,14H2,1-2H3,(H,24,25). The number of aliphatic hydroxyl groups excluding tert-OH is 1. The molecule has 0 radical (unpaired) electrons. The summed E-state index contributed by atoms with van der Waals surface area (Å²) in [6.07, 6.45) is 5.29.